The van der Waals surface area contributed by atoms with Gasteiger partial charge >= 0.3 is 0 Å². The quantitative estimate of drug-likeness (QED) is 0.284. The van der Waals surface area contributed by atoms with Gasteiger partial charge < -0.3 is 15.4 Å². The lowest BCUT2D eigenvalue weighted by molar-refractivity contribution is -0.384. The smallest absolute Gasteiger partial charge is 0.270 e. The number of non-ortho nitro benzene ring substituents is 1. The lowest BCUT2D eigenvalue weighted by atomic mass is 10.2. The molecule has 2 N–H and O–H groups in total. The molecule has 0 aromatic heterocycles. The number of carbonyl (C=O) groups is 2. The molecule has 0 heterocycles. The molecule has 3 rings (SSSR count). The van der Waals surface area contributed by atoms with Crippen LogP contribution in [0.15, 0.2) is 77.7 Å². The number of anilines is 2. The summed E-state index contributed by atoms with van der Waals surface area (Å²) < 4.78 is 5.10. The van der Waals surface area contributed by atoms with Gasteiger partial charge in [-0.05, 0) is 61.5 Å². The minimum Gasteiger partial charge on any atom is -0.497 e. The molecule has 0 saturated carbocycles. The molecule has 32 heavy (non-hydrogen) atoms. The van der Waals surface area contributed by atoms with Gasteiger partial charge in [0.2, 0.25) is 5.91 Å². The van der Waals surface area contributed by atoms with Crippen molar-refractivity contribution < 1.29 is 19.2 Å². The molecule has 0 saturated heterocycles. The molecule has 0 aliphatic carbocycles. The maximum atomic E-state index is 12.4. The van der Waals surface area contributed by atoms with Crippen molar-refractivity contribution in [3.8, 4) is 5.75 Å². The van der Waals surface area contributed by atoms with Crippen molar-refractivity contribution >= 4 is 40.6 Å². The van der Waals surface area contributed by atoms with Crippen molar-refractivity contribution in [2.75, 3.05) is 17.7 Å². The fourth-order valence-electron chi connectivity index (χ4n) is 2.76. The largest absolute Gasteiger partial charge is 0.497 e. The second kappa shape index (κ2) is 10.5. The van der Waals surface area contributed by atoms with Crippen molar-refractivity contribution in [3.63, 3.8) is 0 Å². The minimum atomic E-state index is -0.547. The van der Waals surface area contributed by atoms with Crippen LogP contribution in [0.2, 0.25) is 0 Å². The third-order valence-corrected chi connectivity index (χ3v) is 5.58. The van der Waals surface area contributed by atoms with Crippen LogP contribution >= 0.6 is 11.8 Å². The van der Waals surface area contributed by atoms with Gasteiger partial charge in [0.05, 0.1) is 17.3 Å². The normalized spacial score (nSPS) is 11.3. The highest BCUT2D eigenvalue weighted by molar-refractivity contribution is 8.00. The lowest BCUT2D eigenvalue weighted by Crippen LogP contribution is -2.22. The molecule has 3 aromatic carbocycles. The average molecular weight is 452 g/mol. The van der Waals surface area contributed by atoms with Gasteiger partial charge in [-0.25, -0.2) is 0 Å². The summed E-state index contributed by atoms with van der Waals surface area (Å²) in [5.74, 6) is 0.132. The highest BCUT2D eigenvalue weighted by Crippen LogP contribution is 2.26. The number of carbonyl (C=O) groups excluding carboxylic acids is 2. The zero-order chi connectivity index (χ0) is 23.1. The van der Waals surface area contributed by atoms with E-state index in [1.54, 1.807) is 55.6 Å². The lowest BCUT2D eigenvalue weighted by Gasteiger charge is -2.13. The Labute approximate surface area is 189 Å². The van der Waals surface area contributed by atoms with E-state index in [1.165, 1.54) is 36.0 Å². The standard InChI is InChI=1S/C23H21N3O5S/c1-15(22(27)24-17-6-10-20(31-2)11-7-17)32-21-12-8-18(9-13-21)25-23(28)16-4-3-5-19(14-16)26(29)30/h3-15H,1-2H3,(H,24,27)(H,25,28). The van der Waals surface area contributed by atoms with Gasteiger partial charge in [-0.15, -0.1) is 11.8 Å². The number of methoxy groups -OCH3 is 1. The van der Waals surface area contributed by atoms with E-state index in [1.807, 2.05) is 6.92 Å². The fourth-order valence-corrected chi connectivity index (χ4v) is 3.62. The first-order valence-electron chi connectivity index (χ1n) is 9.63. The number of benzene rings is 3. The van der Waals surface area contributed by atoms with Crippen LogP contribution in [-0.2, 0) is 4.79 Å². The first-order valence-corrected chi connectivity index (χ1v) is 10.5. The van der Waals surface area contributed by atoms with Crippen LogP contribution in [-0.4, -0.2) is 29.1 Å². The zero-order valence-corrected chi connectivity index (χ0v) is 18.2. The molecule has 8 nitrogen and oxygen atoms in total. The van der Waals surface area contributed by atoms with E-state index in [-0.39, 0.29) is 22.4 Å². The van der Waals surface area contributed by atoms with Crippen molar-refractivity contribution in [3.05, 3.63) is 88.5 Å². The van der Waals surface area contributed by atoms with Gasteiger partial charge in [0.1, 0.15) is 5.75 Å². The number of nitrogens with zero attached hydrogens (tertiary/aromatic N) is 1. The Morgan fingerprint density at radius 1 is 0.969 bits per heavy atom. The van der Waals surface area contributed by atoms with Crippen LogP contribution in [0.1, 0.15) is 17.3 Å². The van der Waals surface area contributed by atoms with E-state index in [0.717, 1.165) is 4.90 Å². The van der Waals surface area contributed by atoms with Crippen molar-refractivity contribution in [2.45, 2.75) is 17.1 Å². The number of hydrogen-bond donors (Lipinski definition) is 2. The molecular formula is C23H21N3O5S. The first-order chi connectivity index (χ1) is 15.4. The van der Waals surface area contributed by atoms with E-state index >= 15 is 0 Å². The molecule has 3 aromatic rings. The topological polar surface area (TPSA) is 111 Å². The monoisotopic (exact) mass is 451 g/mol. The van der Waals surface area contributed by atoms with E-state index in [2.05, 4.69) is 10.6 Å². The van der Waals surface area contributed by atoms with E-state index < -0.39 is 10.8 Å². The predicted molar refractivity (Wildman–Crippen MR) is 124 cm³/mol. The van der Waals surface area contributed by atoms with Crippen LogP contribution in [0.5, 0.6) is 5.75 Å². The Balaban J connectivity index is 1.56. The average Bonchev–Trinajstić information content (AvgIpc) is 2.80. The number of thioether (sulfide) groups is 1. The summed E-state index contributed by atoms with van der Waals surface area (Å²) in [6.45, 7) is 1.81. The van der Waals surface area contributed by atoms with Crippen LogP contribution in [0.3, 0.4) is 0 Å². The molecule has 0 bridgehead atoms. The maximum Gasteiger partial charge on any atom is 0.270 e. The number of nitrogens with one attached hydrogen (secondary N) is 2. The first kappa shape index (κ1) is 22.8. The summed E-state index contributed by atoms with van der Waals surface area (Å²) in [5, 5.41) is 16.1. The van der Waals surface area contributed by atoms with Crippen LogP contribution in [0.4, 0.5) is 17.1 Å². The predicted octanol–water partition coefficient (Wildman–Crippen LogP) is 4.98. The highest BCUT2D eigenvalue weighted by atomic mass is 32.2. The number of nitro groups is 1. The van der Waals surface area contributed by atoms with E-state index in [0.29, 0.717) is 17.1 Å². The Kier molecular flexibility index (Phi) is 7.45. The zero-order valence-electron chi connectivity index (χ0n) is 17.4. The summed E-state index contributed by atoms with van der Waals surface area (Å²) in [6, 6.07) is 19.6. The van der Waals surface area contributed by atoms with Gasteiger partial charge in [-0.1, -0.05) is 6.07 Å². The number of rotatable bonds is 8. The van der Waals surface area contributed by atoms with Gasteiger partial charge in [0, 0.05) is 34.0 Å². The Bertz CT molecular complexity index is 1120. The summed E-state index contributed by atoms with van der Waals surface area (Å²) >= 11 is 1.38. The number of ether oxygens (including phenoxy) is 1. The minimum absolute atomic E-state index is 0.136. The number of nitro benzene ring substituents is 1. The maximum absolute atomic E-state index is 12.4. The molecule has 1 unspecified atom stereocenters. The number of amides is 2. The van der Waals surface area contributed by atoms with Gasteiger partial charge in [-0.2, -0.15) is 0 Å². The van der Waals surface area contributed by atoms with Crippen LogP contribution in [0, 0.1) is 10.1 Å². The molecule has 0 aliphatic heterocycles. The highest BCUT2D eigenvalue weighted by Gasteiger charge is 2.15. The van der Waals surface area contributed by atoms with E-state index in [9.17, 15) is 19.7 Å². The molecule has 0 aliphatic rings. The van der Waals surface area contributed by atoms with Crippen LogP contribution < -0.4 is 15.4 Å². The third-order valence-electron chi connectivity index (χ3n) is 4.47. The van der Waals surface area contributed by atoms with Crippen LogP contribution in [0.25, 0.3) is 0 Å². The Morgan fingerprint density at radius 3 is 2.22 bits per heavy atom. The molecule has 0 spiro atoms. The van der Waals surface area contributed by atoms with Gasteiger partial charge in [0.25, 0.3) is 11.6 Å². The molecule has 9 heteroatoms. The number of hydrogen-bond acceptors (Lipinski definition) is 6. The molecular weight excluding hydrogens is 430 g/mol. The molecule has 0 radical (unpaired) electrons. The second-order valence-electron chi connectivity index (χ2n) is 6.76. The molecule has 2 amide bonds. The SMILES string of the molecule is COc1ccc(NC(=O)C(C)Sc2ccc(NC(=O)c3cccc([N+](=O)[O-])c3)cc2)cc1. The molecule has 164 valence electrons. The van der Waals surface area contributed by atoms with Crippen molar-refractivity contribution in [1.82, 2.24) is 0 Å². The third kappa shape index (κ3) is 6.08. The summed E-state index contributed by atoms with van der Waals surface area (Å²) in [4.78, 5) is 36.0. The van der Waals surface area contributed by atoms with Gasteiger partial charge in [0.15, 0.2) is 0 Å². The second-order valence-corrected chi connectivity index (χ2v) is 8.18. The van der Waals surface area contributed by atoms with Crippen molar-refractivity contribution in [1.29, 1.82) is 0 Å². The Morgan fingerprint density at radius 2 is 1.59 bits per heavy atom. The molecule has 1 atom stereocenters. The summed E-state index contributed by atoms with van der Waals surface area (Å²) in [6.07, 6.45) is 0. The summed E-state index contributed by atoms with van der Waals surface area (Å²) in [5.41, 5.74) is 1.27. The Hall–Kier alpha value is -3.85. The molecule has 0 fully saturated rings. The fraction of sp³-hybridized carbons (Fsp3) is 0.130. The van der Waals surface area contributed by atoms with Crippen molar-refractivity contribution in [2.24, 2.45) is 0 Å². The van der Waals surface area contributed by atoms with Gasteiger partial charge in [-0.3, -0.25) is 19.7 Å². The van der Waals surface area contributed by atoms with E-state index in [4.69, 9.17) is 4.74 Å². The summed E-state index contributed by atoms with van der Waals surface area (Å²) in [7, 11) is 1.58.